The number of nitrogen functional groups attached to an aromatic ring is 1. The van der Waals surface area contributed by atoms with E-state index in [-0.39, 0.29) is 11.4 Å². The summed E-state index contributed by atoms with van der Waals surface area (Å²) in [4.78, 5) is 18.8. The van der Waals surface area contributed by atoms with Gasteiger partial charge in [0.05, 0.1) is 17.3 Å². The molecule has 0 bridgehead atoms. The van der Waals surface area contributed by atoms with Crippen molar-refractivity contribution < 1.29 is 4.79 Å². The fraction of sp³-hybridized carbons (Fsp3) is 0. The fourth-order valence-corrected chi connectivity index (χ4v) is 1.78. The second kappa shape index (κ2) is 4.37. The Morgan fingerprint density at radius 3 is 3.05 bits per heavy atom. The molecule has 0 unspecified atom stereocenters. The highest BCUT2D eigenvalue weighted by atomic mass is 16.1. The van der Waals surface area contributed by atoms with Gasteiger partial charge >= 0.3 is 0 Å². The Morgan fingerprint density at radius 1 is 1.32 bits per heavy atom. The normalized spacial score (nSPS) is 10.5. The predicted octanol–water partition coefficient (Wildman–Crippen LogP) is 1.49. The lowest BCUT2D eigenvalue weighted by atomic mass is 10.2. The molecular weight excluding hydrogens is 244 g/mol. The zero-order valence-electron chi connectivity index (χ0n) is 9.79. The Kier molecular flexibility index (Phi) is 2.57. The van der Waals surface area contributed by atoms with Crippen LogP contribution < -0.4 is 11.1 Å². The highest BCUT2D eigenvalue weighted by molar-refractivity contribution is 5.90. The number of carbonyl (C=O) groups is 1. The van der Waals surface area contributed by atoms with Gasteiger partial charge in [-0.15, -0.1) is 0 Å². The number of nitrogens with two attached hydrogens (primary N) is 1. The molecule has 0 radical (unpaired) electrons. The van der Waals surface area contributed by atoms with Gasteiger partial charge in [0.2, 0.25) is 0 Å². The molecule has 0 aliphatic rings. The van der Waals surface area contributed by atoms with Crippen LogP contribution in [0.1, 0.15) is 10.4 Å². The van der Waals surface area contributed by atoms with Crippen LogP contribution >= 0.6 is 0 Å². The number of rotatable bonds is 3. The number of carbonyl (C=O) groups excluding carboxylic acids is 1. The van der Waals surface area contributed by atoms with Crippen LogP contribution in [-0.2, 0) is 0 Å². The summed E-state index contributed by atoms with van der Waals surface area (Å²) in [5, 5.41) is 10.8. The van der Waals surface area contributed by atoms with Crippen molar-refractivity contribution in [1.82, 2.24) is 20.2 Å². The number of hydrogen-bond acceptors (Lipinski definition) is 6. The monoisotopic (exact) mass is 254 g/mol. The van der Waals surface area contributed by atoms with Crippen molar-refractivity contribution in [2.24, 2.45) is 0 Å². The molecule has 94 valence electrons. The largest absolute Gasteiger partial charge is 0.383 e. The quantitative estimate of drug-likeness (QED) is 0.611. The number of fused-ring (bicyclic) bond motifs is 1. The number of benzene rings is 1. The van der Waals surface area contributed by atoms with Crippen LogP contribution in [-0.4, -0.2) is 26.5 Å². The molecule has 0 saturated carbocycles. The second-order valence-corrected chi connectivity index (χ2v) is 3.94. The smallest absolute Gasteiger partial charge is 0.157 e. The average molecular weight is 254 g/mol. The molecule has 0 atom stereocenters. The number of hydrogen-bond donors (Lipinski definition) is 3. The molecule has 2 aromatic heterocycles. The molecule has 1 aromatic carbocycles. The van der Waals surface area contributed by atoms with Crippen molar-refractivity contribution in [3.8, 4) is 0 Å². The summed E-state index contributed by atoms with van der Waals surface area (Å²) in [7, 11) is 0. The lowest BCUT2D eigenvalue weighted by Gasteiger charge is -2.08. The first-order valence-corrected chi connectivity index (χ1v) is 5.54. The third kappa shape index (κ3) is 1.97. The van der Waals surface area contributed by atoms with Gasteiger partial charge in [0.25, 0.3) is 0 Å². The minimum atomic E-state index is 0.150. The maximum atomic E-state index is 11.0. The van der Waals surface area contributed by atoms with Crippen molar-refractivity contribution in [3.05, 3.63) is 36.3 Å². The van der Waals surface area contributed by atoms with Crippen LogP contribution in [0.4, 0.5) is 17.3 Å². The van der Waals surface area contributed by atoms with Crippen LogP contribution in [0.25, 0.3) is 10.9 Å². The van der Waals surface area contributed by atoms with Crippen LogP contribution in [0.2, 0.25) is 0 Å². The second-order valence-electron chi connectivity index (χ2n) is 3.94. The molecule has 0 aliphatic heterocycles. The minimum Gasteiger partial charge on any atom is -0.383 e. The van der Waals surface area contributed by atoms with Crippen LogP contribution in [0.5, 0.6) is 0 Å². The molecule has 0 amide bonds. The lowest BCUT2D eigenvalue weighted by molar-refractivity contribution is 0.112. The van der Waals surface area contributed by atoms with Gasteiger partial charge in [-0.05, 0) is 18.2 Å². The standard InChI is InChI=1S/C12H10N6O/c13-11-9(5-19)12(15-6-14-11)17-8-1-2-10-7(3-8)4-16-18-10/h1-6H,(H,16,18)(H3,13,14,15,17). The first-order chi connectivity index (χ1) is 9.28. The molecule has 0 saturated heterocycles. The van der Waals surface area contributed by atoms with Crippen molar-refractivity contribution in [2.75, 3.05) is 11.1 Å². The zero-order chi connectivity index (χ0) is 13.2. The number of nitrogens with one attached hydrogen (secondary N) is 2. The van der Waals surface area contributed by atoms with Gasteiger partial charge < -0.3 is 11.1 Å². The maximum Gasteiger partial charge on any atom is 0.157 e. The van der Waals surface area contributed by atoms with E-state index in [0.717, 1.165) is 16.6 Å². The Labute approximate surface area is 107 Å². The molecule has 3 aromatic rings. The summed E-state index contributed by atoms with van der Waals surface area (Å²) < 4.78 is 0. The van der Waals surface area contributed by atoms with Crippen LogP contribution in [0, 0.1) is 0 Å². The van der Waals surface area contributed by atoms with E-state index >= 15 is 0 Å². The number of aromatic nitrogens is 4. The summed E-state index contributed by atoms with van der Waals surface area (Å²) in [5.41, 5.74) is 7.59. The average Bonchev–Trinajstić information content (AvgIpc) is 2.86. The number of aldehydes is 1. The van der Waals surface area contributed by atoms with E-state index in [4.69, 9.17) is 5.73 Å². The molecule has 2 heterocycles. The first-order valence-electron chi connectivity index (χ1n) is 5.54. The highest BCUT2D eigenvalue weighted by Gasteiger charge is 2.08. The van der Waals surface area contributed by atoms with E-state index in [9.17, 15) is 4.79 Å². The lowest BCUT2D eigenvalue weighted by Crippen LogP contribution is -2.04. The van der Waals surface area contributed by atoms with Gasteiger partial charge in [0.15, 0.2) is 6.29 Å². The minimum absolute atomic E-state index is 0.150. The van der Waals surface area contributed by atoms with E-state index in [1.807, 2.05) is 18.2 Å². The van der Waals surface area contributed by atoms with Gasteiger partial charge in [-0.1, -0.05) is 0 Å². The van der Waals surface area contributed by atoms with Gasteiger partial charge in [-0.3, -0.25) is 9.89 Å². The first kappa shape index (κ1) is 11.1. The zero-order valence-corrected chi connectivity index (χ0v) is 9.79. The van der Waals surface area contributed by atoms with Gasteiger partial charge in [0, 0.05) is 11.1 Å². The van der Waals surface area contributed by atoms with Crippen molar-refractivity contribution in [1.29, 1.82) is 0 Å². The molecule has 4 N–H and O–H groups in total. The summed E-state index contributed by atoms with van der Waals surface area (Å²) >= 11 is 0. The third-order valence-electron chi connectivity index (χ3n) is 2.74. The third-order valence-corrected chi connectivity index (χ3v) is 2.74. The van der Waals surface area contributed by atoms with Gasteiger partial charge in [-0.2, -0.15) is 5.10 Å². The summed E-state index contributed by atoms with van der Waals surface area (Å²) in [5.74, 6) is 0.530. The molecule has 7 heteroatoms. The van der Waals surface area contributed by atoms with E-state index in [0.29, 0.717) is 12.1 Å². The molecule has 19 heavy (non-hydrogen) atoms. The summed E-state index contributed by atoms with van der Waals surface area (Å²) in [6.45, 7) is 0. The van der Waals surface area contributed by atoms with E-state index in [1.165, 1.54) is 6.33 Å². The van der Waals surface area contributed by atoms with Crippen molar-refractivity contribution in [3.63, 3.8) is 0 Å². The van der Waals surface area contributed by atoms with E-state index in [1.54, 1.807) is 6.20 Å². The molecule has 0 aliphatic carbocycles. The Morgan fingerprint density at radius 2 is 2.21 bits per heavy atom. The SMILES string of the molecule is Nc1ncnc(Nc2ccc3[nH]ncc3c2)c1C=O. The molecule has 7 nitrogen and oxygen atoms in total. The summed E-state index contributed by atoms with van der Waals surface area (Å²) in [6.07, 6.45) is 3.66. The molecule has 3 rings (SSSR count). The van der Waals surface area contributed by atoms with Gasteiger partial charge in [0.1, 0.15) is 18.0 Å². The van der Waals surface area contributed by atoms with Crippen molar-refractivity contribution in [2.45, 2.75) is 0 Å². The number of anilines is 3. The molecule has 0 spiro atoms. The van der Waals surface area contributed by atoms with E-state index in [2.05, 4.69) is 25.5 Å². The van der Waals surface area contributed by atoms with Gasteiger partial charge in [-0.25, -0.2) is 9.97 Å². The number of H-pyrrole nitrogens is 1. The predicted molar refractivity (Wildman–Crippen MR) is 71.2 cm³/mol. The fourth-order valence-electron chi connectivity index (χ4n) is 1.78. The van der Waals surface area contributed by atoms with E-state index < -0.39 is 0 Å². The molecule has 0 fully saturated rings. The maximum absolute atomic E-state index is 11.0. The number of aromatic amines is 1. The van der Waals surface area contributed by atoms with Crippen molar-refractivity contribution >= 4 is 34.5 Å². The topological polar surface area (TPSA) is 110 Å². The molecular formula is C12H10N6O. The summed E-state index contributed by atoms with van der Waals surface area (Å²) in [6, 6.07) is 5.63. The van der Waals surface area contributed by atoms with Crippen LogP contribution in [0.15, 0.2) is 30.7 Å². The Balaban J connectivity index is 2.00. The highest BCUT2D eigenvalue weighted by Crippen LogP contribution is 2.22. The number of nitrogens with zero attached hydrogens (tertiary/aromatic N) is 3. The Bertz CT molecular complexity index is 751. The Hall–Kier alpha value is -2.96. The van der Waals surface area contributed by atoms with Crippen LogP contribution in [0.3, 0.4) is 0 Å².